The van der Waals surface area contributed by atoms with E-state index in [2.05, 4.69) is 60.7 Å². The summed E-state index contributed by atoms with van der Waals surface area (Å²) in [7, 11) is -5.63. The summed E-state index contributed by atoms with van der Waals surface area (Å²) in [6, 6.07) is -0.557. The lowest BCUT2D eigenvalue weighted by molar-refractivity contribution is -0.130. The Morgan fingerprint density at radius 2 is 1.52 bits per heavy atom. The van der Waals surface area contributed by atoms with E-state index in [1.165, 1.54) is 4.90 Å². The predicted octanol–water partition coefficient (Wildman–Crippen LogP) is 3.22. The van der Waals surface area contributed by atoms with Gasteiger partial charge in [0, 0.05) is 6.54 Å². The van der Waals surface area contributed by atoms with Crippen LogP contribution in [0.5, 0.6) is 0 Å². The standard InChI is InChI=1S/C22H42N2O7Si2/c1-12(2)32(13(3)4)28-11-17-19(30-33(31-32,14(5)6)15(7)8)18(25)21(29-17)24-10-16(9)20(26)23-22(24)27/h12-19,21,25H,10-11H2,1-9H3,(H,23,26,27)/t16?,17-,18-,19-,21-/m1/s1. The molecule has 0 bridgehead atoms. The highest BCUT2D eigenvalue weighted by atomic mass is 28.5. The van der Waals surface area contributed by atoms with E-state index in [0.29, 0.717) is 0 Å². The van der Waals surface area contributed by atoms with Gasteiger partial charge in [0.05, 0.1) is 12.5 Å². The molecular formula is C22H42N2O7Si2. The fourth-order valence-electron chi connectivity index (χ4n) is 5.38. The molecule has 9 nitrogen and oxygen atoms in total. The maximum absolute atomic E-state index is 12.6. The highest BCUT2D eigenvalue weighted by molar-refractivity contribution is 6.84. The zero-order valence-electron chi connectivity index (χ0n) is 21.5. The molecule has 0 spiro atoms. The molecule has 0 radical (unpaired) electrons. The summed E-state index contributed by atoms with van der Waals surface area (Å²) in [6.07, 6.45) is -3.22. The summed E-state index contributed by atoms with van der Waals surface area (Å²) in [5.74, 6) is -0.715. The van der Waals surface area contributed by atoms with Crippen LogP contribution in [-0.2, 0) is 22.5 Å². The number of imide groups is 1. The van der Waals surface area contributed by atoms with Crippen LogP contribution in [0.1, 0.15) is 62.3 Å². The molecule has 3 aliphatic rings. The van der Waals surface area contributed by atoms with Crippen LogP contribution in [0.4, 0.5) is 4.79 Å². The van der Waals surface area contributed by atoms with E-state index in [1.807, 2.05) is 0 Å². The Bertz CT molecular complexity index is 732. The number of ether oxygens (including phenoxy) is 1. The molecule has 3 fully saturated rings. The van der Waals surface area contributed by atoms with E-state index in [9.17, 15) is 14.7 Å². The SMILES string of the molecule is CC1CN([C@@H]2O[C@@H]3CO[Si](C(C)C)(C(C)C)O[Si](C(C)C)(C(C)C)O[C@H]3[C@H]2O)C(=O)NC1=O. The van der Waals surface area contributed by atoms with Crippen LogP contribution in [-0.4, -0.2) is 76.8 Å². The maximum atomic E-state index is 12.6. The van der Waals surface area contributed by atoms with Gasteiger partial charge in [-0.3, -0.25) is 15.0 Å². The van der Waals surface area contributed by atoms with Crippen molar-refractivity contribution in [3.8, 4) is 0 Å². The molecule has 0 aromatic heterocycles. The normalized spacial score (nSPS) is 34.6. The number of nitrogens with one attached hydrogen (secondary N) is 1. The predicted molar refractivity (Wildman–Crippen MR) is 128 cm³/mol. The second-order valence-electron chi connectivity index (χ2n) is 11.0. The number of fused-ring (bicyclic) bond motifs is 1. The van der Waals surface area contributed by atoms with Crippen molar-refractivity contribution in [1.82, 2.24) is 10.2 Å². The fraction of sp³-hybridized carbons (Fsp3) is 0.909. The molecule has 190 valence electrons. The van der Waals surface area contributed by atoms with Gasteiger partial charge in [-0.25, -0.2) is 4.79 Å². The Labute approximate surface area is 200 Å². The third kappa shape index (κ3) is 4.57. The summed E-state index contributed by atoms with van der Waals surface area (Å²) in [5.41, 5.74) is 0.630. The van der Waals surface area contributed by atoms with E-state index < -0.39 is 53.6 Å². The quantitative estimate of drug-likeness (QED) is 0.556. The Balaban J connectivity index is 2.00. The zero-order chi connectivity index (χ0) is 24.9. The summed E-state index contributed by atoms with van der Waals surface area (Å²) >= 11 is 0. The van der Waals surface area contributed by atoms with E-state index in [4.69, 9.17) is 17.7 Å². The highest BCUT2D eigenvalue weighted by Crippen LogP contribution is 2.47. The van der Waals surface area contributed by atoms with Crippen molar-refractivity contribution >= 4 is 29.1 Å². The summed E-state index contributed by atoms with van der Waals surface area (Å²) in [4.78, 5) is 25.9. The van der Waals surface area contributed by atoms with Crippen molar-refractivity contribution in [3.63, 3.8) is 0 Å². The lowest BCUT2D eigenvalue weighted by Crippen LogP contribution is -2.66. The van der Waals surface area contributed by atoms with Gasteiger partial charge in [0.15, 0.2) is 6.23 Å². The number of carbonyl (C=O) groups excluding carboxylic acids is 2. The molecule has 2 N–H and O–H groups in total. The van der Waals surface area contributed by atoms with Gasteiger partial charge in [0.25, 0.3) is 0 Å². The molecule has 33 heavy (non-hydrogen) atoms. The first kappa shape index (κ1) is 26.8. The highest BCUT2D eigenvalue weighted by Gasteiger charge is 2.62. The molecular weight excluding hydrogens is 460 g/mol. The zero-order valence-corrected chi connectivity index (χ0v) is 23.5. The van der Waals surface area contributed by atoms with Crippen LogP contribution in [0.2, 0.25) is 22.2 Å². The van der Waals surface area contributed by atoms with Crippen molar-refractivity contribution in [3.05, 3.63) is 0 Å². The third-order valence-electron chi connectivity index (χ3n) is 7.36. The molecule has 3 rings (SSSR count). The smallest absolute Gasteiger partial charge is 0.335 e. The van der Waals surface area contributed by atoms with Gasteiger partial charge in [-0.05, 0) is 22.2 Å². The summed E-state index contributed by atoms with van der Waals surface area (Å²) in [6.45, 7) is 19.2. The van der Waals surface area contributed by atoms with Crippen LogP contribution in [0.15, 0.2) is 0 Å². The van der Waals surface area contributed by atoms with Crippen LogP contribution >= 0.6 is 0 Å². The van der Waals surface area contributed by atoms with Crippen molar-refractivity contribution in [1.29, 1.82) is 0 Å². The first-order valence-electron chi connectivity index (χ1n) is 12.2. The molecule has 3 aliphatic heterocycles. The topological polar surface area (TPSA) is 107 Å². The fourth-order valence-corrected chi connectivity index (χ4v) is 16.6. The van der Waals surface area contributed by atoms with Gasteiger partial charge in [0.2, 0.25) is 5.91 Å². The lowest BCUT2D eigenvalue weighted by Gasteiger charge is -2.51. The molecule has 0 aromatic rings. The molecule has 1 unspecified atom stereocenters. The van der Waals surface area contributed by atoms with Gasteiger partial charge in [-0.1, -0.05) is 62.3 Å². The Morgan fingerprint density at radius 3 is 2.03 bits per heavy atom. The molecule has 0 aliphatic carbocycles. The lowest BCUT2D eigenvalue weighted by atomic mass is 10.1. The molecule has 0 saturated carbocycles. The van der Waals surface area contributed by atoms with Crippen molar-refractivity contribution in [2.75, 3.05) is 13.2 Å². The van der Waals surface area contributed by atoms with Crippen LogP contribution in [0, 0.1) is 5.92 Å². The van der Waals surface area contributed by atoms with E-state index in [0.717, 1.165) is 0 Å². The molecule has 3 saturated heterocycles. The van der Waals surface area contributed by atoms with Gasteiger partial charge < -0.3 is 22.8 Å². The number of aliphatic hydroxyl groups excluding tert-OH is 1. The molecule has 5 atom stereocenters. The largest absolute Gasteiger partial charge is 0.414 e. The van der Waals surface area contributed by atoms with Crippen molar-refractivity contribution < 1.29 is 32.4 Å². The van der Waals surface area contributed by atoms with Crippen molar-refractivity contribution in [2.24, 2.45) is 5.92 Å². The van der Waals surface area contributed by atoms with E-state index in [1.54, 1.807) is 6.92 Å². The van der Waals surface area contributed by atoms with Gasteiger partial charge in [0.1, 0.15) is 18.3 Å². The third-order valence-corrected chi connectivity index (χ3v) is 17.6. The summed E-state index contributed by atoms with van der Waals surface area (Å²) in [5, 5.41) is 13.7. The molecule has 0 aromatic carbocycles. The molecule has 11 heteroatoms. The maximum Gasteiger partial charge on any atom is 0.335 e. The Hall–Kier alpha value is -0.826. The average Bonchev–Trinajstić information content (AvgIpc) is 2.98. The van der Waals surface area contributed by atoms with E-state index in [-0.39, 0.29) is 41.2 Å². The van der Waals surface area contributed by atoms with E-state index >= 15 is 0 Å². The van der Waals surface area contributed by atoms with Crippen molar-refractivity contribution in [2.45, 2.75) is 109 Å². The number of rotatable bonds is 5. The van der Waals surface area contributed by atoms with Gasteiger partial charge in [-0.15, -0.1) is 0 Å². The number of amides is 3. The summed E-state index contributed by atoms with van der Waals surface area (Å²) < 4.78 is 26.9. The minimum Gasteiger partial charge on any atom is -0.414 e. The van der Waals surface area contributed by atoms with Crippen LogP contribution in [0.3, 0.4) is 0 Å². The molecule has 3 heterocycles. The van der Waals surface area contributed by atoms with Gasteiger partial charge in [-0.2, -0.15) is 0 Å². The number of urea groups is 1. The van der Waals surface area contributed by atoms with Crippen LogP contribution < -0.4 is 5.32 Å². The first-order chi connectivity index (χ1) is 15.3. The number of carbonyl (C=O) groups is 2. The number of hydrogen-bond acceptors (Lipinski definition) is 7. The van der Waals surface area contributed by atoms with Gasteiger partial charge >= 0.3 is 23.2 Å². The minimum atomic E-state index is -2.91. The molecule has 3 amide bonds. The number of nitrogens with zero attached hydrogens (tertiary/aromatic N) is 1. The monoisotopic (exact) mass is 502 g/mol. The second kappa shape index (κ2) is 9.67. The number of hydrogen-bond donors (Lipinski definition) is 2. The second-order valence-corrected chi connectivity index (χ2v) is 19.8. The minimum absolute atomic E-state index is 0.117. The van der Waals surface area contributed by atoms with Crippen LogP contribution in [0.25, 0.3) is 0 Å². The Kier molecular flexibility index (Phi) is 7.85. The first-order valence-corrected chi connectivity index (χ1v) is 16.2. The number of aliphatic hydroxyl groups is 1. The average molecular weight is 503 g/mol. The Morgan fingerprint density at radius 1 is 0.970 bits per heavy atom.